The first-order valence-electron chi connectivity index (χ1n) is 13.5. The number of anilines is 1. The number of aromatic nitrogens is 4. The van der Waals surface area contributed by atoms with Gasteiger partial charge in [-0.15, -0.1) is 0 Å². The lowest BCUT2D eigenvalue weighted by atomic mass is 10.0. The number of aliphatic hydroxyl groups is 1. The van der Waals surface area contributed by atoms with Crippen molar-refractivity contribution in [2.75, 3.05) is 17.2 Å². The van der Waals surface area contributed by atoms with Crippen molar-refractivity contribution in [1.82, 2.24) is 19.5 Å². The van der Waals surface area contributed by atoms with E-state index >= 15 is 0 Å². The predicted molar refractivity (Wildman–Crippen MR) is 148 cm³/mol. The van der Waals surface area contributed by atoms with Crippen LogP contribution in [0.15, 0.2) is 6.33 Å². The summed E-state index contributed by atoms with van der Waals surface area (Å²) in [6.45, 7) is 2.71. The number of imidazole rings is 1. The van der Waals surface area contributed by atoms with E-state index < -0.39 is 6.10 Å². The Labute approximate surface area is 215 Å². The van der Waals surface area contributed by atoms with Gasteiger partial charge in [0.2, 0.25) is 5.95 Å². The van der Waals surface area contributed by atoms with Crippen molar-refractivity contribution in [3.8, 4) is 0 Å². The largest absolute Gasteiger partial charge is 0.390 e. The van der Waals surface area contributed by atoms with Crippen LogP contribution in [-0.2, 0) is 6.54 Å². The van der Waals surface area contributed by atoms with Gasteiger partial charge in [0.25, 0.3) is 0 Å². The van der Waals surface area contributed by atoms with Crippen LogP contribution in [0.25, 0.3) is 11.2 Å². The molecular formula is C26H46ClN5OS. The molecule has 0 aliphatic heterocycles. The molecule has 2 rings (SSSR count). The SMILES string of the molecule is CCCCCCCCCCCCCCCCCCSCC(O)Cn1cnc2c(Cl)nc(N)nc21. The molecule has 0 fully saturated rings. The third kappa shape index (κ3) is 12.1. The summed E-state index contributed by atoms with van der Waals surface area (Å²) in [5, 5.41) is 10.6. The van der Waals surface area contributed by atoms with E-state index in [0.29, 0.717) is 23.5 Å². The van der Waals surface area contributed by atoms with Crippen LogP contribution in [0.5, 0.6) is 0 Å². The fourth-order valence-electron chi connectivity index (χ4n) is 4.31. The smallest absolute Gasteiger partial charge is 0.223 e. The van der Waals surface area contributed by atoms with Crippen molar-refractivity contribution in [1.29, 1.82) is 0 Å². The molecule has 1 atom stereocenters. The number of thioether (sulfide) groups is 1. The van der Waals surface area contributed by atoms with E-state index in [0.717, 1.165) is 5.75 Å². The molecule has 2 aromatic heterocycles. The van der Waals surface area contributed by atoms with Gasteiger partial charge in [-0.3, -0.25) is 0 Å². The number of aliphatic hydroxyl groups excluding tert-OH is 1. The normalized spacial score (nSPS) is 12.6. The van der Waals surface area contributed by atoms with Gasteiger partial charge in [0.1, 0.15) is 5.52 Å². The van der Waals surface area contributed by atoms with E-state index in [-0.39, 0.29) is 11.1 Å². The number of fused-ring (bicyclic) bond motifs is 1. The molecule has 0 bridgehead atoms. The molecule has 0 aromatic carbocycles. The molecule has 8 heteroatoms. The Morgan fingerprint density at radius 1 is 0.882 bits per heavy atom. The highest BCUT2D eigenvalue weighted by molar-refractivity contribution is 7.99. The van der Waals surface area contributed by atoms with Crippen LogP contribution in [0.2, 0.25) is 5.15 Å². The van der Waals surface area contributed by atoms with E-state index in [1.165, 1.54) is 103 Å². The minimum Gasteiger partial charge on any atom is -0.390 e. The van der Waals surface area contributed by atoms with Crippen LogP contribution >= 0.6 is 23.4 Å². The van der Waals surface area contributed by atoms with E-state index in [4.69, 9.17) is 17.3 Å². The molecule has 1 unspecified atom stereocenters. The zero-order valence-corrected chi connectivity index (χ0v) is 22.8. The molecule has 0 aliphatic rings. The van der Waals surface area contributed by atoms with Gasteiger partial charge in [0, 0.05) is 5.75 Å². The molecule has 0 amide bonds. The summed E-state index contributed by atoms with van der Waals surface area (Å²) in [4.78, 5) is 12.3. The minimum absolute atomic E-state index is 0.117. The van der Waals surface area contributed by atoms with Gasteiger partial charge in [-0.25, -0.2) is 4.98 Å². The maximum atomic E-state index is 10.4. The quantitative estimate of drug-likeness (QED) is 0.134. The Morgan fingerprint density at radius 2 is 1.41 bits per heavy atom. The number of hydrogen-bond donors (Lipinski definition) is 2. The molecule has 34 heavy (non-hydrogen) atoms. The van der Waals surface area contributed by atoms with E-state index in [2.05, 4.69) is 21.9 Å². The molecular weight excluding hydrogens is 466 g/mol. The van der Waals surface area contributed by atoms with Gasteiger partial charge < -0.3 is 15.4 Å². The average molecular weight is 512 g/mol. The van der Waals surface area contributed by atoms with Crippen molar-refractivity contribution >= 4 is 40.5 Å². The van der Waals surface area contributed by atoms with Crippen LogP contribution in [0.1, 0.15) is 110 Å². The van der Waals surface area contributed by atoms with Crippen LogP contribution in [-0.4, -0.2) is 42.2 Å². The molecule has 194 valence electrons. The molecule has 0 saturated carbocycles. The van der Waals surface area contributed by atoms with Crippen molar-refractivity contribution in [2.24, 2.45) is 0 Å². The highest BCUT2D eigenvalue weighted by atomic mass is 35.5. The molecule has 0 spiro atoms. The molecule has 6 nitrogen and oxygen atoms in total. The monoisotopic (exact) mass is 511 g/mol. The second kappa shape index (κ2) is 18.3. The maximum absolute atomic E-state index is 10.4. The van der Waals surface area contributed by atoms with Crippen molar-refractivity contribution in [3.63, 3.8) is 0 Å². The molecule has 0 aliphatic carbocycles. The van der Waals surface area contributed by atoms with Crippen molar-refractivity contribution in [2.45, 2.75) is 122 Å². The van der Waals surface area contributed by atoms with E-state index in [1.54, 1.807) is 10.9 Å². The average Bonchev–Trinajstić information content (AvgIpc) is 3.21. The number of unbranched alkanes of at least 4 members (excludes halogenated alkanes) is 15. The number of nitrogens with two attached hydrogens (primary N) is 1. The number of rotatable bonds is 21. The number of nitrogen functional groups attached to an aromatic ring is 1. The van der Waals surface area contributed by atoms with Gasteiger partial charge >= 0.3 is 0 Å². The second-order valence-electron chi connectivity index (χ2n) is 9.47. The van der Waals surface area contributed by atoms with Gasteiger partial charge in [-0.1, -0.05) is 115 Å². The van der Waals surface area contributed by atoms with Crippen molar-refractivity contribution in [3.05, 3.63) is 11.5 Å². The Bertz CT molecular complexity index is 788. The molecule has 2 aromatic rings. The minimum atomic E-state index is -0.460. The standard InChI is InChI=1S/C26H46ClN5OS/c1-2-3-4-5-6-7-8-9-10-11-12-13-14-15-16-17-18-34-20-22(33)19-32-21-29-23-24(27)30-26(28)31-25(23)32/h21-22,33H,2-20H2,1H3,(H2,28,30,31). The summed E-state index contributed by atoms with van der Waals surface area (Å²) >= 11 is 7.87. The Morgan fingerprint density at radius 3 is 1.97 bits per heavy atom. The van der Waals surface area contributed by atoms with Crippen LogP contribution < -0.4 is 5.73 Å². The summed E-state index contributed by atoms with van der Waals surface area (Å²) in [7, 11) is 0. The highest BCUT2D eigenvalue weighted by Gasteiger charge is 2.13. The number of hydrogen-bond acceptors (Lipinski definition) is 6. The Hall–Kier alpha value is -1.05. The lowest BCUT2D eigenvalue weighted by Gasteiger charge is -2.11. The van der Waals surface area contributed by atoms with Crippen LogP contribution in [0.4, 0.5) is 5.95 Å². The van der Waals surface area contributed by atoms with Crippen LogP contribution in [0.3, 0.4) is 0 Å². The Kier molecular flexibility index (Phi) is 15.7. The second-order valence-corrected chi connectivity index (χ2v) is 11.0. The van der Waals surface area contributed by atoms with Crippen molar-refractivity contribution < 1.29 is 5.11 Å². The number of halogens is 1. The molecule has 3 N–H and O–H groups in total. The lowest BCUT2D eigenvalue weighted by Crippen LogP contribution is -2.18. The first-order chi connectivity index (χ1) is 16.6. The third-order valence-corrected chi connectivity index (χ3v) is 7.76. The van der Waals surface area contributed by atoms with E-state index in [1.807, 2.05) is 11.8 Å². The summed E-state index contributed by atoms with van der Waals surface area (Å²) in [5.41, 5.74) is 6.77. The highest BCUT2D eigenvalue weighted by Crippen LogP contribution is 2.20. The first-order valence-corrected chi connectivity index (χ1v) is 15.0. The lowest BCUT2D eigenvalue weighted by molar-refractivity contribution is 0.179. The fourth-order valence-corrected chi connectivity index (χ4v) is 5.48. The van der Waals surface area contributed by atoms with Gasteiger partial charge in [0.05, 0.1) is 19.0 Å². The van der Waals surface area contributed by atoms with Gasteiger partial charge in [0.15, 0.2) is 10.8 Å². The topological polar surface area (TPSA) is 89.8 Å². The van der Waals surface area contributed by atoms with Crippen LogP contribution in [0, 0.1) is 0 Å². The van der Waals surface area contributed by atoms with Gasteiger partial charge in [-0.05, 0) is 12.2 Å². The predicted octanol–water partition coefficient (Wildman–Crippen LogP) is 7.42. The first kappa shape index (κ1) is 29.2. The van der Waals surface area contributed by atoms with Gasteiger partial charge in [-0.2, -0.15) is 21.7 Å². The molecule has 0 saturated heterocycles. The zero-order chi connectivity index (χ0) is 24.4. The summed E-state index contributed by atoms with van der Waals surface area (Å²) < 4.78 is 1.79. The molecule has 0 radical (unpaired) electrons. The molecule has 2 heterocycles. The fraction of sp³-hybridized carbons (Fsp3) is 0.808. The van der Waals surface area contributed by atoms with E-state index in [9.17, 15) is 5.11 Å². The zero-order valence-electron chi connectivity index (χ0n) is 21.2. The third-order valence-electron chi connectivity index (χ3n) is 6.30. The maximum Gasteiger partial charge on any atom is 0.223 e. The number of nitrogens with zero attached hydrogens (tertiary/aromatic N) is 4. The summed E-state index contributed by atoms with van der Waals surface area (Å²) in [5.74, 6) is 1.92. The summed E-state index contributed by atoms with van der Waals surface area (Å²) in [6.07, 6.45) is 23.4. The summed E-state index contributed by atoms with van der Waals surface area (Å²) in [6, 6.07) is 0. The Balaban J connectivity index is 1.37.